The van der Waals surface area contributed by atoms with E-state index in [1.54, 1.807) is 6.92 Å². The summed E-state index contributed by atoms with van der Waals surface area (Å²) in [6, 6.07) is 7.09. The van der Waals surface area contributed by atoms with Crippen LogP contribution in [-0.4, -0.2) is 28.9 Å². The molecule has 24 heavy (non-hydrogen) atoms. The largest absolute Gasteiger partial charge is 0.294 e. The fourth-order valence-electron chi connectivity index (χ4n) is 2.75. The lowest BCUT2D eigenvalue weighted by molar-refractivity contribution is -0.116. The summed E-state index contributed by atoms with van der Waals surface area (Å²) < 4.78 is 13.1. The highest BCUT2D eigenvalue weighted by molar-refractivity contribution is 7.14. The molecule has 1 saturated carbocycles. The van der Waals surface area contributed by atoms with Gasteiger partial charge in [0, 0.05) is 30.9 Å². The molecule has 1 aromatic heterocycles. The normalized spacial score (nSPS) is 15.5. The Morgan fingerprint density at radius 1 is 1.38 bits per heavy atom. The first kappa shape index (κ1) is 17.0. The van der Waals surface area contributed by atoms with E-state index >= 15 is 0 Å². The number of rotatable bonds is 6. The molecule has 1 atom stereocenters. The van der Waals surface area contributed by atoms with Crippen LogP contribution < -0.4 is 4.90 Å². The van der Waals surface area contributed by atoms with Gasteiger partial charge in [0.2, 0.25) is 5.91 Å². The molecule has 0 saturated heterocycles. The van der Waals surface area contributed by atoms with Crippen molar-refractivity contribution in [2.45, 2.75) is 45.3 Å². The quantitative estimate of drug-likeness (QED) is 0.793. The number of aromatic nitrogens is 1. The van der Waals surface area contributed by atoms with Crippen LogP contribution in [0.15, 0.2) is 29.6 Å². The van der Waals surface area contributed by atoms with Crippen molar-refractivity contribution in [3.05, 3.63) is 46.7 Å². The van der Waals surface area contributed by atoms with Gasteiger partial charge in [-0.2, -0.15) is 0 Å². The number of anilines is 1. The molecule has 0 radical (unpaired) electrons. The highest BCUT2D eigenvalue weighted by atomic mass is 32.1. The molecule has 1 amide bonds. The van der Waals surface area contributed by atoms with Crippen molar-refractivity contribution in [2.24, 2.45) is 0 Å². The average molecular weight is 347 g/mol. The van der Waals surface area contributed by atoms with Crippen LogP contribution in [0.5, 0.6) is 0 Å². The van der Waals surface area contributed by atoms with Crippen LogP contribution >= 0.6 is 11.3 Å². The van der Waals surface area contributed by atoms with Crippen LogP contribution in [0.4, 0.5) is 9.52 Å². The van der Waals surface area contributed by atoms with Crippen LogP contribution in [0, 0.1) is 5.82 Å². The van der Waals surface area contributed by atoms with E-state index in [9.17, 15) is 9.18 Å². The summed E-state index contributed by atoms with van der Waals surface area (Å²) in [6.45, 7) is 4.38. The molecule has 0 bridgehead atoms. The number of amides is 1. The molecule has 2 aromatic rings. The summed E-state index contributed by atoms with van der Waals surface area (Å²) in [4.78, 5) is 20.5. The smallest absolute Gasteiger partial charge is 0.225 e. The van der Waals surface area contributed by atoms with Crippen molar-refractivity contribution >= 4 is 22.4 Å². The molecule has 6 heteroatoms. The summed E-state index contributed by atoms with van der Waals surface area (Å²) in [5.74, 6) is -0.159. The molecule has 1 heterocycles. The molecule has 0 N–H and O–H groups in total. The maximum atomic E-state index is 13.1. The van der Waals surface area contributed by atoms with Crippen LogP contribution in [0.3, 0.4) is 0 Å². The lowest BCUT2D eigenvalue weighted by Crippen LogP contribution is -2.30. The minimum atomic E-state index is -0.220. The Bertz CT molecular complexity index is 711. The molecule has 3 rings (SSSR count). The predicted molar refractivity (Wildman–Crippen MR) is 94.6 cm³/mol. The van der Waals surface area contributed by atoms with Crippen LogP contribution in [-0.2, 0) is 11.3 Å². The second-order valence-electron chi connectivity index (χ2n) is 6.38. The average Bonchev–Trinajstić information content (AvgIpc) is 3.26. The standard InChI is InChI=1S/C18H22FN3OS/c1-12(14-4-6-15(19)7-5-14)21(3)10-16-11-24-18(20-16)22(13(2)23)17-8-9-17/h4-7,11-12,17H,8-10H2,1-3H3. The van der Waals surface area contributed by atoms with E-state index in [2.05, 4.69) is 16.8 Å². The van der Waals surface area contributed by atoms with Crippen molar-refractivity contribution in [3.8, 4) is 0 Å². The maximum absolute atomic E-state index is 13.1. The molecule has 1 aliphatic carbocycles. The maximum Gasteiger partial charge on any atom is 0.225 e. The van der Waals surface area contributed by atoms with Crippen molar-refractivity contribution in [2.75, 3.05) is 11.9 Å². The molecule has 0 aliphatic heterocycles. The lowest BCUT2D eigenvalue weighted by atomic mass is 10.1. The minimum absolute atomic E-state index is 0.0615. The Labute approximate surface area is 145 Å². The van der Waals surface area contributed by atoms with Crippen LogP contribution in [0.2, 0.25) is 0 Å². The Morgan fingerprint density at radius 2 is 2.04 bits per heavy atom. The first-order valence-electron chi connectivity index (χ1n) is 8.15. The predicted octanol–water partition coefficient (Wildman–Crippen LogP) is 3.99. The molecule has 128 valence electrons. The molecular weight excluding hydrogens is 325 g/mol. The second kappa shape index (κ2) is 6.99. The third-order valence-corrected chi connectivity index (χ3v) is 5.31. The number of hydrogen-bond donors (Lipinski definition) is 0. The second-order valence-corrected chi connectivity index (χ2v) is 7.22. The zero-order valence-electron chi connectivity index (χ0n) is 14.2. The molecule has 0 spiro atoms. The molecule has 1 unspecified atom stereocenters. The third kappa shape index (κ3) is 3.82. The Kier molecular flexibility index (Phi) is 4.96. The van der Waals surface area contributed by atoms with Gasteiger partial charge in [0.1, 0.15) is 5.82 Å². The highest BCUT2D eigenvalue weighted by Crippen LogP contribution is 2.34. The highest BCUT2D eigenvalue weighted by Gasteiger charge is 2.33. The summed E-state index contributed by atoms with van der Waals surface area (Å²) in [5, 5.41) is 2.81. The van der Waals surface area contributed by atoms with Gasteiger partial charge in [-0.25, -0.2) is 9.37 Å². The van der Waals surface area contributed by atoms with Gasteiger partial charge >= 0.3 is 0 Å². The Morgan fingerprint density at radius 3 is 2.62 bits per heavy atom. The van der Waals surface area contributed by atoms with Gasteiger partial charge in [0.15, 0.2) is 5.13 Å². The number of benzene rings is 1. The van der Waals surface area contributed by atoms with Gasteiger partial charge < -0.3 is 0 Å². The van der Waals surface area contributed by atoms with Crippen molar-refractivity contribution in [1.29, 1.82) is 0 Å². The number of thiazole rings is 1. The van der Waals surface area contributed by atoms with Gasteiger partial charge in [-0.3, -0.25) is 14.6 Å². The Balaban J connectivity index is 1.67. The topological polar surface area (TPSA) is 36.4 Å². The number of hydrogen-bond acceptors (Lipinski definition) is 4. The van der Waals surface area contributed by atoms with Gasteiger partial charge in [-0.05, 0) is 44.5 Å². The van der Waals surface area contributed by atoms with E-state index in [-0.39, 0.29) is 17.8 Å². The van der Waals surface area contributed by atoms with Gasteiger partial charge in [-0.1, -0.05) is 12.1 Å². The number of carbonyl (C=O) groups is 1. The van der Waals surface area contributed by atoms with Crippen LogP contribution in [0.25, 0.3) is 0 Å². The SMILES string of the molecule is CC(=O)N(c1nc(CN(C)C(C)c2ccc(F)cc2)cs1)C1CC1. The molecular formula is C18H22FN3OS. The van der Waals surface area contributed by atoms with Gasteiger partial charge in [0.25, 0.3) is 0 Å². The first-order chi connectivity index (χ1) is 11.5. The van der Waals surface area contributed by atoms with Crippen molar-refractivity contribution in [3.63, 3.8) is 0 Å². The lowest BCUT2D eigenvalue weighted by Gasteiger charge is -2.24. The fraction of sp³-hybridized carbons (Fsp3) is 0.444. The third-order valence-electron chi connectivity index (χ3n) is 4.42. The molecule has 1 fully saturated rings. The number of halogens is 1. The van der Waals surface area contributed by atoms with E-state index in [4.69, 9.17) is 0 Å². The fourth-order valence-corrected chi connectivity index (χ4v) is 3.68. The van der Waals surface area contributed by atoms with Gasteiger partial charge in [-0.15, -0.1) is 11.3 Å². The zero-order valence-corrected chi connectivity index (χ0v) is 15.0. The minimum Gasteiger partial charge on any atom is -0.294 e. The van der Waals surface area contributed by atoms with Crippen molar-refractivity contribution < 1.29 is 9.18 Å². The van der Waals surface area contributed by atoms with Crippen LogP contribution in [0.1, 0.15) is 44.0 Å². The summed E-state index contributed by atoms with van der Waals surface area (Å²) >= 11 is 1.52. The Hall–Kier alpha value is -1.79. The van der Waals surface area contributed by atoms with E-state index in [0.29, 0.717) is 12.6 Å². The summed E-state index contributed by atoms with van der Waals surface area (Å²) in [5.41, 5.74) is 2.02. The molecule has 1 aliphatic rings. The van der Waals surface area contributed by atoms with E-state index < -0.39 is 0 Å². The zero-order chi connectivity index (χ0) is 17.3. The molecule has 1 aromatic carbocycles. The van der Waals surface area contributed by atoms with E-state index in [0.717, 1.165) is 29.2 Å². The summed E-state index contributed by atoms with van der Waals surface area (Å²) in [7, 11) is 2.02. The van der Waals surface area contributed by atoms with Crippen molar-refractivity contribution in [1.82, 2.24) is 9.88 Å². The molecule has 4 nitrogen and oxygen atoms in total. The first-order valence-corrected chi connectivity index (χ1v) is 9.03. The van der Waals surface area contributed by atoms with E-state index in [1.807, 2.05) is 29.5 Å². The van der Waals surface area contributed by atoms with Gasteiger partial charge in [0.05, 0.1) is 5.69 Å². The summed E-state index contributed by atoms with van der Waals surface area (Å²) in [6.07, 6.45) is 2.13. The monoisotopic (exact) mass is 347 g/mol. The number of carbonyl (C=O) groups excluding carboxylic acids is 1. The number of nitrogens with zero attached hydrogens (tertiary/aromatic N) is 3. The van der Waals surface area contributed by atoms with E-state index in [1.165, 1.54) is 23.5 Å².